The summed E-state index contributed by atoms with van der Waals surface area (Å²) in [5.41, 5.74) is 4.03. The van der Waals surface area contributed by atoms with Crippen molar-refractivity contribution in [3.8, 4) is 5.75 Å². The molecule has 2 aliphatic rings. The van der Waals surface area contributed by atoms with Gasteiger partial charge in [-0.25, -0.2) is 4.98 Å². The van der Waals surface area contributed by atoms with Crippen LogP contribution >= 0.6 is 0 Å². The first-order chi connectivity index (χ1) is 17.0. The molecule has 0 spiro atoms. The second-order valence-electron chi connectivity index (χ2n) is 8.92. The first kappa shape index (κ1) is 22.6. The molecule has 0 saturated heterocycles. The third kappa shape index (κ3) is 4.47. The quantitative estimate of drug-likeness (QED) is 0.558. The molecule has 2 heterocycles. The molecule has 2 N–H and O–H groups in total. The lowest BCUT2D eigenvalue weighted by molar-refractivity contribution is -0.120. The highest BCUT2D eigenvalue weighted by molar-refractivity contribution is 6.03. The van der Waals surface area contributed by atoms with Gasteiger partial charge < -0.3 is 15.4 Å². The van der Waals surface area contributed by atoms with Crippen LogP contribution in [0.25, 0.3) is 0 Å². The van der Waals surface area contributed by atoms with Gasteiger partial charge >= 0.3 is 0 Å². The van der Waals surface area contributed by atoms with Gasteiger partial charge in [0.05, 0.1) is 13.0 Å². The van der Waals surface area contributed by atoms with Gasteiger partial charge in [-0.3, -0.25) is 9.59 Å². The molecule has 3 unspecified atom stereocenters. The van der Waals surface area contributed by atoms with Gasteiger partial charge in [-0.1, -0.05) is 55.1 Å². The van der Waals surface area contributed by atoms with E-state index in [0.29, 0.717) is 35.7 Å². The predicted molar refractivity (Wildman–Crippen MR) is 135 cm³/mol. The van der Waals surface area contributed by atoms with Gasteiger partial charge in [-0.2, -0.15) is 0 Å². The number of carbonyl (C=O) groups excluding carboxylic acids is 2. The molecule has 0 radical (unpaired) electrons. The van der Waals surface area contributed by atoms with Gasteiger partial charge in [-0.15, -0.1) is 0 Å². The van der Waals surface area contributed by atoms with Crippen molar-refractivity contribution in [1.82, 2.24) is 10.3 Å². The van der Waals surface area contributed by atoms with Gasteiger partial charge in [-0.05, 0) is 47.7 Å². The number of amides is 1. The summed E-state index contributed by atoms with van der Waals surface area (Å²) in [7, 11) is 1.60. The van der Waals surface area contributed by atoms with E-state index in [4.69, 9.17) is 4.74 Å². The minimum atomic E-state index is -0.694. The highest BCUT2D eigenvalue weighted by atomic mass is 16.5. The van der Waals surface area contributed by atoms with Crippen molar-refractivity contribution < 1.29 is 14.3 Å². The number of anilines is 1. The fraction of sp³-hybridized carbons (Fsp3) is 0.207. The molecule has 1 amide bonds. The number of rotatable bonds is 5. The second kappa shape index (κ2) is 9.58. The summed E-state index contributed by atoms with van der Waals surface area (Å²) in [6.45, 7) is 4.22. The molecule has 0 fully saturated rings. The molecule has 0 saturated carbocycles. The Morgan fingerprint density at radius 3 is 2.54 bits per heavy atom. The summed E-state index contributed by atoms with van der Waals surface area (Å²) >= 11 is 0. The van der Waals surface area contributed by atoms with Gasteiger partial charge in [0.1, 0.15) is 11.6 Å². The van der Waals surface area contributed by atoms with E-state index in [-0.39, 0.29) is 17.6 Å². The van der Waals surface area contributed by atoms with Crippen LogP contribution in [-0.2, 0) is 9.59 Å². The maximum absolute atomic E-state index is 13.7. The van der Waals surface area contributed by atoms with E-state index >= 15 is 0 Å². The normalized spacial score (nSPS) is 21.7. The number of ether oxygens (including phenoxy) is 1. The molecular weight excluding hydrogens is 438 g/mol. The van der Waals surface area contributed by atoms with Crippen molar-refractivity contribution in [2.24, 2.45) is 5.92 Å². The fourth-order valence-electron chi connectivity index (χ4n) is 5.15. The Morgan fingerprint density at radius 1 is 1.03 bits per heavy atom. The molecule has 1 aliphatic heterocycles. The number of hydrogen-bond acceptors (Lipinski definition) is 5. The summed E-state index contributed by atoms with van der Waals surface area (Å²) in [4.78, 5) is 31.5. The Kier molecular flexibility index (Phi) is 6.19. The maximum Gasteiger partial charge on any atom is 0.235 e. The monoisotopic (exact) mass is 465 g/mol. The molecule has 0 bridgehead atoms. The van der Waals surface area contributed by atoms with Crippen molar-refractivity contribution in [2.75, 3.05) is 12.4 Å². The fourth-order valence-corrected chi connectivity index (χ4v) is 5.15. The highest BCUT2D eigenvalue weighted by Gasteiger charge is 2.45. The van der Waals surface area contributed by atoms with E-state index in [2.05, 4.69) is 34.3 Å². The zero-order valence-electron chi connectivity index (χ0n) is 19.5. The zero-order chi connectivity index (χ0) is 24.4. The minimum absolute atomic E-state index is 0.0450. The molecule has 6 nitrogen and oxygen atoms in total. The third-order valence-electron chi connectivity index (χ3n) is 6.76. The Bertz CT molecular complexity index is 1300. The van der Waals surface area contributed by atoms with Crippen LogP contribution in [0.1, 0.15) is 35.8 Å². The van der Waals surface area contributed by atoms with Gasteiger partial charge in [0.25, 0.3) is 0 Å². The SMILES string of the molecule is C=C1NC2=C(C(=O)CC(c3ccccc3)C2)C(c2cccc(OC)c2)C1C(=O)Nc1ccccn1. The first-order valence-electron chi connectivity index (χ1n) is 11.7. The number of hydrogen-bond donors (Lipinski definition) is 2. The lowest BCUT2D eigenvalue weighted by atomic mass is 9.68. The Morgan fingerprint density at radius 2 is 1.80 bits per heavy atom. The number of nitrogens with one attached hydrogen (secondary N) is 2. The number of carbonyl (C=O) groups is 2. The average Bonchev–Trinajstić information content (AvgIpc) is 2.88. The van der Waals surface area contributed by atoms with E-state index < -0.39 is 11.8 Å². The van der Waals surface area contributed by atoms with E-state index in [1.807, 2.05) is 48.5 Å². The molecule has 3 atom stereocenters. The molecule has 1 aliphatic carbocycles. The van der Waals surface area contributed by atoms with E-state index in [1.54, 1.807) is 25.4 Å². The number of Topliss-reactive ketones (excluding diaryl/α,β-unsaturated/α-hetero) is 1. The van der Waals surface area contributed by atoms with Gasteiger partial charge in [0.2, 0.25) is 5.91 Å². The van der Waals surface area contributed by atoms with E-state index in [9.17, 15) is 9.59 Å². The number of nitrogens with zero attached hydrogens (tertiary/aromatic N) is 1. The molecule has 35 heavy (non-hydrogen) atoms. The molecule has 1 aromatic heterocycles. The summed E-state index contributed by atoms with van der Waals surface area (Å²) in [5.74, 6) is -0.201. The van der Waals surface area contributed by atoms with Crippen LogP contribution in [0.2, 0.25) is 0 Å². The minimum Gasteiger partial charge on any atom is -0.497 e. The van der Waals surface area contributed by atoms with Gasteiger partial charge in [0.15, 0.2) is 5.78 Å². The molecule has 5 rings (SSSR count). The lowest BCUT2D eigenvalue weighted by Crippen LogP contribution is -2.43. The number of methoxy groups -OCH3 is 1. The molecule has 3 aromatic rings. The summed E-state index contributed by atoms with van der Waals surface area (Å²) in [5, 5.41) is 6.24. The van der Waals surface area contributed by atoms with E-state index in [1.165, 1.54) is 0 Å². The largest absolute Gasteiger partial charge is 0.497 e. The summed E-state index contributed by atoms with van der Waals surface area (Å²) < 4.78 is 5.45. The molecule has 176 valence electrons. The van der Waals surface area contributed by atoms with Crippen LogP contribution in [0, 0.1) is 5.92 Å². The van der Waals surface area contributed by atoms with Crippen LogP contribution in [0.3, 0.4) is 0 Å². The van der Waals surface area contributed by atoms with Crippen LogP contribution < -0.4 is 15.4 Å². The number of allylic oxidation sites excluding steroid dienone is 2. The molecule has 2 aromatic carbocycles. The second-order valence-corrected chi connectivity index (χ2v) is 8.92. The van der Waals surface area contributed by atoms with Crippen molar-refractivity contribution in [2.45, 2.75) is 24.7 Å². The number of pyridine rings is 1. The van der Waals surface area contributed by atoms with Crippen molar-refractivity contribution in [3.05, 3.63) is 114 Å². The smallest absolute Gasteiger partial charge is 0.235 e. The summed E-state index contributed by atoms with van der Waals surface area (Å²) in [6, 6.07) is 23.0. The Labute approximate surface area is 204 Å². The standard InChI is InChI=1S/C29H27N3O3/c1-18-26(29(34)32-25-13-6-7-14-30-25)27(20-11-8-12-22(15-20)35-2)28-23(31-18)16-21(17-24(28)33)19-9-4-3-5-10-19/h3-15,21,26-27,31H,1,16-17H2,2H3,(H,30,32,34). The van der Waals surface area contributed by atoms with Crippen molar-refractivity contribution >= 4 is 17.5 Å². The molecule has 6 heteroatoms. The number of benzene rings is 2. The average molecular weight is 466 g/mol. The third-order valence-corrected chi connectivity index (χ3v) is 6.76. The molecular formula is C29H27N3O3. The predicted octanol–water partition coefficient (Wildman–Crippen LogP) is 4.95. The number of aromatic nitrogens is 1. The van der Waals surface area contributed by atoms with Crippen LogP contribution in [0.15, 0.2) is 103 Å². The van der Waals surface area contributed by atoms with Crippen LogP contribution in [0.4, 0.5) is 5.82 Å². The Balaban J connectivity index is 1.57. The van der Waals surface area contributed by atoms with Crippen LogP contribution in [0.5, 0.6) is 5.75 Å². The summed E-state index contributed by atoms with van der Waals surface area (Å²) in [6.07, 6.45) is 2.70. The van der Waals surface area contributed by atoms with Crippen molar-refractivity contribution in [1.29, 1.82) is 0 Å². The van der Waals surface area contributed by atoms with Crippen LogP contribution in [-0.4, -0.2) is 23.8 Å². The number of ketones is 1. The topological polar surface area (TPSA) is 80.3 Å². The highest BCUT2D eigenvalue weighted by Crippen LogP contribution is 2.47. The maximum atomic E-state index is 13.7. The van der Waals surface area contributed by atoms with E-state index in [0.717, 1.165) is 16.8 Å². The van der Waals surface area contributed by atoms with Crippen molar-refractivity contribution in [3.63, 3.8) is 0 Å². The van der Waals surface area contributed by atoms with Gasteiger partial charge in [0, 0.05) is 35.5 Å². The zero-order valence-corrected chi connectivity index (χ0v) is 19.5. The first-order valence-corrected chi connectivity index (χ1v) is 11.7. The lowest BCUT2D eigenvalue weighted by Gasteiger charge is -2.40. The Hall–Kier alpha value is -4.19.